The molecule has 1 N–H and O–H groups in total. The largest absolute Gasteiger partial charge is 0.480 e. The smallest absolute Gasteiger partial charge is 0.323 e. The second-order valence-electron chi connectivity index (χ2n) is 4.63. The molecule has 2 unspecified atom stereocenters. The lowest BCUT2D eigenvalue weighted by Gasteiger charge is -2.26. The van der Waals surface area contributed by atoms with Gasteiger partial charge in [0, 0.05) is 13.1 Å². The lowest BCUT2D eigenvalue weighted by molar-refractivity contribution is -0.136. The van der Waals surface area contributed by atoms with Gasteiger partial charge in [0.05, 0.1) is 0 Å². The maximum atomic E-state index is 12.1. The van der Waals surface area contributed by atoms with E-state index >= 15 is 0 Å². The van der Waals surface area contributed by atoms with Crippen LogP contribution in [0.1, 0.15) is 31.0 Å². The molecular formula is C13H19NO4S. The van der Waals surface area contributed by atoms with Gasteiger partial charge in [-0.15, -0.1) is 0 Å². The molecule has 5 nitrogen and oxygen atoms in total. The van der Waals surface area contributed by atoms with Crippen molar-refractivity contribution in [3.8, 4) is 0 Å². The number of hydrogen-bond acceptors (Lipinski definition) is 3. The Bertz CT molecular complexity index is 551. The number of rotatable bonds is 5. The van der Waals surface area contributed by atoms with Crippen molar-refractivity contribution in [1.82, 2.24) is 4.31 Å². The Morgan fingerprint density at radius 2 is 1.68 bits per heavy atom. The summed E-state index contributed by atoms with van der Waals surface area (Å²) in [7, 11) is -2.46. The third-order valence-electron chi connectivity index (χ3n) is 3.30. The zero-order valence-electron chi connectivity index (χ0n) is 11.5. The van der Waals surface area contributed by atoms with E-state index in [2.05, 4.69) is 0 Å². The summed E-state index contributed by atoms with van der Waals surface area (Å²) >= 11 is 0. The molecule has 0 saturated heterocycles. The number of nitrogens with zero attached hydrogens (tertiary/aromatic N) is 1. The van der Waals surface area contributed by atoms with E-state index < -0.39 is 27.3 Å². The molecule has 1 aromatic carbocycles. The standard InChI is InChI=1S/C13H19NO4S/c1-9-5-7-12(8-6-9)10(2)14(4)19(17,18)11(3)13(15)16/h5-8,10-11H,1-4H3,(H,15,16). The van der Waals surface area contributed by atoms with Gasteiger partial charge in [0.15, 0.2) is 5.25 Å². The van der Waals surface area contributed by atoms with Gasteiger partial charge in [-0.3, -0.25) is 4.79 Å². The van der Waals surface area contributed by atoms with E-state index in [0.717, 1.165) is 15.4 Å². The predicted molar refractivity (Wildman–Crippen MR) is 73.4 cm³/mol. The van der Waals surface area contributed by atoms with Crippen molar-refractivity contribution in [2.45, 2.75) is 32.1 Å². The quantitative estimate of drug-likeness (QED) is 0.895. The minimum Gasteiger partial charge on any atom is -0.480 e. The van der Waals surface area contributed by atoms with Gasteiger partial charge in [0.1, 0.15) is 0 Å². The number of carbonyl (C=O) groups is 1. The van der Waals surface area contributed by atoms with Gasteiger partial charge in [-0.05, 0) is 26.3 Å². The van der Waals surface area contributed by atoms with Crippen molar-refractivity contribution >= 4 is 16.0 Å². The van der Waals surface area contributed by atoms with Gasteiger partial charge in [0.25, 0.3) is 0 Å². The molecule has 0 bridgehead atoms. The number of carboxylic acid groups (broad SMARTS) is 1. The van der Waals surface area contributed by atoms with Gasteiger partial charge in [-0.2, -0.15) is 4.31 Å². The van der Waals surface area contributed by atoms with Crippen LogP contribution >= 0.6 is 0 Å². The van der Waals surface area contributed by atoms with Crippen molar-refractivity contribution in [2.24, 2.45) is 0 Å². The molecule has 2 atom stereocenters. The monoisotopic (exact) mass is 285 g/mol. The number of hydrogen-bond donors (Lipinski definition) is 1. The second kappa shape index (κ2) is 5.71. The first-order valence-corrected chi connectivity index (χ1v) is 7.44. The Kier molecular flexibility index (Phi) is 4.70. The molecule has 0 amide bonds. The highest BCUT2D eigenvalue weighted by molar-refractivity contribution is 7.90. The zero-order valence-corrected chi connectivity index (χ0v) is 12.3. The van der Waals surface area contributed by atoms with Gasteiger partial charge in [-0.1, -0.05) is 29.8 Å². The Morgan fingerprint density at radius 3 is 2.11 bits per heavy atom. The van der Waals surface area contributed by atoms with Crippen LogP contribution in [-0.4, -0.2) is 36.1 Å². The van der Waals surface area contributed by atoms with Crippen molar-refractivity contribution in [3.63, 3.8) is 0 Å². The number of aryl methyl sites for hydroxylation is 1. The second-order valence-corrected chi connectivity index (χ2v) is 6.94. The van der Waals surface area contributed by atoms with Crippen molar-refractivity contribution in [2.75, 3.05) is 7.05 Å². The lowest BCUT2D eigenvalue weighted by atomic mass is 10.1. The van der Waals surface area contributed by atoms with Crippen LogP contribution in [0.5, 0.6) is 0 Å². The molecule has 0 saturated carbocycles. The summed E-state index contributed by atoms with van der Waals surface area (Å²) < 4.78 is 25.3. The molecule has 0 heterocycles. The van der Waals surface area contributed by atoms with Crippen molar-refractivity contribution < 1.29 is 18.3 Å². The van der Waals surface area contributed by atoms with Crippen LogP contribution in [0.4, 0.5) is 0 Å². The van der Waals surface area contributed by atoms with Gasteiger partial charge in [0.2, 0.25) is 10.0 Å². The van der Waals surface area contributed by atoms with Gasteiger partial charge >= 0.3 is 5.97 Å². The molecule has 0 aliphatic carbocycles. The van der Waals surface area contributed by atoms with Crippen LogP contribution in [-0.2, 0) is 14.8 Å². The Labute approximate surface area is 113 Å². The molecule has 19 heavy (non-hydrogen) atoms. The molecule has 0 aromatic heterocycles. The molecular weight excluding hydrogens is 266 g/mol. The van der Waals surface area contributed by atoms with Crippen LogP contribution in [0.15, 0.2) is 24.3 Å². The fourth-order valence-corrected chi connectivity index (χ4v) is 2.97. The highest BCUT2D eigenvalue weighted by Gasteiger charge is 2.34. The minimum absolute atomic E-state index is 0.410. The van der Waals surface area contributed by atoms with Crippen molar-refractivity contribution in [3.05, 3.63) is 35.4 Å². The van der Waals surface area contributed by atoms with E-state index in [-0.39, 0.29) is 0 Å². The SMILES string of the molecule is Cc1ccc(C(C)N(C)S(=O)(=O)C(C)C(=O)O)cc1. The predicted octanol–water partition coefficient (Wildman–Crippen LogP) is 1.79. The summed E-state index contributed by atoms with van der Waals surface area (Å²) in [5.41, 5.74) is 1.91. The normalized spacial score (nSPS) is 15.2. The number of sulfonamides is 1. The molecule has 0 aliphatic heterocycles. The topological polar surface area (TPSA) is 74.7 Å². The summed E-state index contributed by atoms with van der Waals surface area (Å²) in [4.78, 5) is 10.8. The molecule has 0 radical (unpaired) electrons. The van der Waals surface area contributed by atoms with Crippen LogP contribution in [0.2, 0.25) is 0 Å². The summed E-state index contributed by atoms with van der Waals surface area (Å²) in [6, 6.07) is 7.07. The minimum atomic E-state index is -3.86. The Morgan fingerprint density at radius 1 is 1.21 bits per heavy atom. The third kappa shape index (κ3) is 3.33. The number of aliphatic carboxylic acids is 1. The first kappa shape index (κ1) is 15.7. The summed E-state index contributed by atoms with van der Waals surface area (Å²) in [6.07, 6.45) is 0. The van der Waals surface area contributed by atoms with E-state index in [1.807, 2.05) is 31.2 Å². The van der Waals surface area contributed by atoms with E-state index in [1.54, 1.807) is 6.92 Å². The number of benzene rings is 1. The summed E-state index contributed by atoms with van der Waals surface area (Å²) in [5.74, 6) is -1.34. The average molecular weight is 285 g/mol. The summed E-state index contributed by atoms with van der Waals surface area (Å²) in [5, 5.41) is 7.40. The van der Waals surface area contributed by atoms with Crippen LogP contribution < -0.4 is 0 Å². The van der Waals surface area contributed by atoms with Crippen LogP contribution in [0.3, 0.4) is 0 Å². The molecule has 0 aliphatic rings. The average Bonchev–Trinajstić information content (AvgIpc) is 2.36. The maximum Gasteiger partial charge on any atom is 0.323 e. The van der Waals surface area contributed by atoms with Crippen LogP contribution in [0.25, 0.3) is 0 Å². The summed E-state index contributed by atoms with van der Waals surface area (Å²) in [6.45, 7) is 4.86. The van der Waals surface area contributed by atoms with E-state index in [4.69, 9.17) is 5.11 Å². The highest BCUT2D eigenvalue weighted by atomic mass is 32.2. The number of carboxylic acids is 1. The van der Waals surface area contributed by atoms with E-state index in [0.29, 0.717) is 0 Å². The van der Waals surface area contributed by atoms with E-state index in [9.17, 15) is 13.2 Å². The lowest BCUT2D eigenvalue weighted by Crippen LogP contribution is -2.40. The Hall–Kier alpha value is -1.40. The molecule has 106 valence electrons. The van der Waals surface area contributed by atoms with Gasteiger partial charge < -0.3 is 5.11 Å². The maximum absolute atomic E-state index is 12.1. The first-order valence-electron chi connectivity index (χ1n) is 5.94. The Balaban J connectivity index is 3.03. The molecule has 1 aromatic rings. The van der Waals surface area contributed by atoms with Crippen molar-refractivity contribution in [1.29, 1.82) is 0 Å². The third-order valence-corrected chi connectivity index (χ3v) is 5.52. The molecule has 0 spiro atoms. The van der Waals surface area contributed by atoms with E-state index in [1.165, 1.54) is 14.0 Å². The van der Waals surface area contributed by atoms with Gasteiger partial charge in [-0.25, -0.2) is 8.42 Å². The molecule has 0 fully saturated rings. The highest BCUT2D eigenvalue weighted by Crippen LogP contribution is 2.23. The molecule has 6 heteroatoms. The first-order chi connectivity index (χ1) is 8.67. The van der Waals surface area contributed by atoms with Crippen LogP contribution in [0, 0.1) is 6.92 Å². The fraction of sp³-hybridized carbons (Fsp3) is 0.462. The molecule has 1 rings (SSSR count). The fourth-order valence-electron chi connectivity index (χ4n) is 1.65. The zero-order chi connectivity index (χ0) is 14.8.